The van der Waals surface area contributed by atoms with Gasteiger partial charge in [-0.2, -0.15) is 0 Å². The number of rotatable bonds is 6. The van der Waals surface area contributed by atoms with Crippen LogP contribution in [0, 0.1) is 0 Å². The van der Waals surface area contributed by atoms with Crippen LogP contribution >= 0.6 is 0 Å². The normalized spacial score (nSPS) is 12.8. The van der Waals surface area contributed by atoms with E-state index >= 15 is 0 Å². The molecule has 1 atom stereocenters. The van der Waals surface area contributed by atoms with Gasteiger partial charge in [0.25, 0.3) is 0 Å². The monoisotopic (exact) mass is 243 g/mol. The van der Waals surface area contributed by atoms with Crippen molar-refractivity contribution in [1.29, 1.82) is 0 Å². The van der Waals surface area contributed by atoms with E-state index in [2.05, 4.69) is 54.7 Å². The Balaban J connectivity index is 1.91. The number of aliphatic hydroxyl groups is 1. The van der Waals surface area contributed by atoms with Gasteiger partial charge in [-0.15, -0.1) is 0 Å². The first-order valence-corrected chi connectivity index (χ1v) is 6.66. The molecule has 0 bridgehead atoms. The zero-order valence-electron chi connectivity index (χ0n) is 10.9. The van der Waals surface area contributed by atoms with Gasteiger partial charge in [-0.3, -0.25) is 0 Å². The van der Waals surface area contributed by atoms with Crippen LogP contribution in [0.4, 0.5) is 0 Å². The Morgan fingerprint density at radius 1 is 1.11 bits per heavy atom. The fraction of sp³-hybridized carbons (Fsp3) is 0.375. The number of aliphatic hydroxyl groups excluding tert-OH is 1. The van der Waals surface area contributed by atoms with Gasteiger partial charge in [0.15, 0.2) is 0 Å². The molecule has 0 saturated carbocycles. The number of fused-ring (bicyclic) bond motifs is 1. The number of nitrogens with one attached hydrogen (secondary N) is 1. The minimum atomic E-state index is -0.226. The topological polar surface area (TPSA) is 32.3 Å². The van der Waals surface area contributed by atoms with Crippen LogP contribution in [0.15, 0.2) is 42.5 Å². The number of hydrogen-bond donors (Lipinski definition) is 2. The second-order valence-corrected chi connectivity index (χ2v) is 4.75. The van der Waals surface area contributed by atoms with Crippen molar-refractivity contribution in [3.8, 4) is 0 Å². The molecule has 1 unspecified atom stereocenters. The highest BCUT2D eigenvalue weighted by atomic mass is 16.3. The summed E-state index contributed by atoms with van der Waals surface area (Å²) in [5.74, 6) is 0. The van der Waals surface area contributed by atoms with E-state index in [0.29, 0.717) is 6.54 Å². The van der Waals surface area contributed by atoms with Gasteiger partial charge in [-0.25, -0.2) is 0 Å². The van der Waals surface area contributed by atoms with Crippen LogP contribution in [0.25, 0.3) is 10.8 Å². The maximum Gasteiger partial charge on any atom is 0.0664 e. The lowest BCUT2D eigenvalue weighted by atomic mass is 10.1. The van der Waals surface area contributed by atoms with Crippen LogP contribution in [0.1, 0.15) is 25.3 Å². The Bertz CT molecular complexity index is 495. The third kappa shape index (κ3) is 3.56. The third-order valence-corrected chi connectivity index (χ3v) is 3.14. The van der Waals surface area contributed by atoms with E-state index in [4.69, 9.17) is 0 Å². The number of hydrogen-bond acceptors (Lipinski definition) is 2. The second-order valence-electron chi connectivity index (χ2n) is 4.75. The molecule has 96 valence electrons. The van der Waals surface area contributed by atoms with E-state index in [1.165, 1.54) is 16.3 Å². The number of benzene rings is 2. The molecule has 2 aromatic carbocycles. The molecule has 0 aliphatic carbocycles. The highest BCUT2D eigenvalue weighted by molar-refractivity contribution is 5.82. The molecule has 2 nitrogen and oxygen atoms in total. The summed E-state index contributed by atoms with van der Waals surface area (Å²) in [7, 11) is 0. The molecule has 0 saturated heterocycles. The largest absolute Gasteiger partial charge is 0.392 e. The van der Waals surface area contributed by atoms with Crippen LogP contribution in [-0.4, -0.2) is 17.8 Å². The van der Waals surface area contributed by atoms with Crippen LogP contribution in [0.5, 0.6) is 0 Å². The summed E-state index contributed by atoms with van der Waals surface area (Å²) in [4.78, 5) is 0. The predicted molar refractivity (Wildman–Crippen MR) is 76.6 cm³/mol. The van der Waals surface area contributed by atoms with Crippen molar-refractivity contribution in [3.05, 3.63) is 48.0 Å². The fourth-order valence-corrected chi connectivity index (χ4v) is 2.17. The first-order valence-electron chi connectivity index (χ1n) is 6.66. The molecule has 0 heterocycles. The molecule has 0 fully saturated rings. The van der Waals surface area contributed by atoms with E-state index in [1.54, 1.807) is 0 Å². The zero-order chi connectivity index (χ0) is 12.8. The fourth-order valence-electron chi connectivity index (χ4n) is 2.17. The lowest BCUT2D eigenvalue weighted by molar-refractivity contribution is 0.160. The van der Waals surface area contributed by atoms with E-state index in [9.17, 15) is 5.11 Å². The average Bonchev–Trinajstić information content (AvgIpc) is 2.39. The van der Waals surface area contributed by atoms with Crippen molar-refractivity contribution in [1.82, 2.24) is 5.32 Å². The first kappa shape index (κ1) is 13.1. The third-order valence-electron chi connectivity index (χ3n) is 3.14. The van der Waals surface area contributed by atoms with Crippen LogP contribution in [0.3, 0.4) is 0 Å². The Kier molecular flexibility index (Phi) is 4.73. The summed E-state index contributed by atoms with van der Waals surface area (Å²) in [6.45, 7) is 3.57. The summed E-state index contributed by atoms with van der Waals surface area (Å²) in [6.07, 6.45) is 1.67. The van der Waals surface area contributed by atoms with Gasteiger partial charge in [0.2, 0.25) is 0 Å². The lowest BCUT2D eigenvalue weighted by Gasteiger charge is -2.11. The summed E-state index contributed by atoms with van der Waals surface area (Å²) in [6, 6.07) is 14.9. The highest BCUT2D eigenvalue weighted by Crippen LogP contribution is 2.15. The van der Waals surface area contributed by atoms with E-state index in [0.717, 1.165) is 19.4 Å². The Morgan fingerprint density at radius 3 is 2.67 bits per heavy atom. The van der Waals surface area contributed by atoms with E-state index < -0.39 is 0 Å². The summed E-state index contributed by atoms with van der Waals surface area (Å²) in [5.41, 5.74) is 1.26. The van der Waals surface area contributed by atoms with Crippen molar-refractivity contribution in [3.63, 3.8) is 0 Å². The zero-order valence-corrected chi connectivity index (χ0v) is 10.9. The summed E-state index contributed by atoms with van der Waals surface area (Å²) in [5, 5.41) is 15.5. The quantitative estimate of drug-likeness (QED) is 0.817. The van der Waals surface area contributed by atoms with Crippen molar-refractivity contribution in [2.45, 2.75) is 32.4 Å². The van der Waals surface area contributed by atoms with Crippen molar-refractivity contribution < 1.29 is 5.11 Å². The molecule has 18 heavy (non-hydrogen) atoms. The van der Waals surface area contributed by atoms with Crippen LogP contribution in [0.2, 0.25) is 0 Å². The molecule has 0 aliphatic heterocycles. The average molecular weight is 243 g/mol. The maximum absolute atomic E-state index is 9.64. The van der Waals surface area contributed by atoms with Gasteiger partial charge < -0.3 is 10.4 Å². The van der Waals surface area contributed by atoms with Crippen LogP contribution < -0.4 is 5.32 Å². The van der Waals surface area contributed by atoms with Gasteiger partial charge in [0.1, 0.15) is 0 Å². The molecule has 0 amide bonds. The second kappa shape index (κ2) is 6.53. The minimum Gasteiger partial charge on any atom is -0.392 e. The highest BCUT2D eigenvalue weighted by Gasteiger charge is 2.02. The van der Waals surface area contributed by atoms with Gasteiger partial charge in [0.05, 0.1) is 6.10 Å². The Hall–Kier alpha value is -1.38. The van der Waals surface area contributed by atoms with Crippen molar-refractivity contribution in [2.75, 3.05) is 6.54 Å². The maximum atomic E-state index is 9.64. The molecule has 2 heteroatoms. The molecule has 2 N–H and O–H groups in total. The van der Waals surface area contributed by atoms with Crippen molar-refractivity contribution >= 4 is 10.8 Å². The molecule has 2 aromatic rings. The smallest absolute Gasteiger partial charge is 0.0664 e. The van der Waals surface area contributed by atoms with Gasteiger partial charge in [0, 0.05) is 13.1 Å². The molecule has 0 spiro atoms. The van der Waals surface area contributed by atoms with Gasteiger partial charge in [-0.05, 0) is 28.8 Å². The predicted octanol–water partition coefficient (Wildman–Crippen LogP) is 3.09. The molecule has 0 aliphatic rings. The Labute approximate surface area is 109 Å². The van der Waals surface area contributed by atoms with E-state index in [1.807, 2.05) is 0 Å². The van der Waals surface area contributed by atoms with Gasteiger partial charge in [-0.1, -0.05) is 49.7 Å². The molecule has 0 radical (unpaired) electrons. The lowest BCUT2D eigenvalue weighted by Crippen LogP contribution is -2.26. The van der Waals surface area contributed by atoms with Gasteiger partial charge >= 0.3 is 0 Å². The SMILES string of the molecule is CCCC(O)CNCc1ccc2ccccc2c1. The molecular formula is C16H21NO. The van der Waals surface area contributed by atoms with E-state index in [-0.39, 0.29) is 6.10 Å². The summed E-state index contributed by atoms with van der Waals surface area (Å²) < 4.78 is 0. The first-order chi connectivity index (χ1) is 8.79. The molecular weight excluding hydrogens is 222 g/mol. The minimum absolute atomic E-state index is 0.226. The van der Waals surface area contributed by atoms with Crippen LogP contribution in [-0.2, 0) is 6.54 Å². The summed E-state index contributed by atoms with van der Waals surface area (Å²) >= 11 is 0. The standard InChI is InChI=1S/C16H21NO/c1-2-5-16(18)12-17-11-13-8-9-14-6-3-4-7-15(14)10-13/h3-4,6-10,16-18H,2,5,11-12H2,1H3. The molecule has 0 aromatic heterocycles. The molecule has 2 rings (SSSR count). The Morgan fingerprint density at radius 2 is 1.89 bits per heavy atom. The van der Waals surface area contributed by atoms with Crippen molar-refractivity contribution in [2.24, 2.45) is 0 Å².